The van der Waals surface area contributed by atoms with Gasteiger partial charge in [0.25, 0.3) is 11.7 Å². The number of benzene rings is 1. The normalized spacial score (nSPS) is 14.0. The van der Waals surface area contributed by atoms with E-state index < -0.39 is 11.7 Å². The fraction of sp³-hybridized carbons (Fsp3) is 0.214. The van der Waals surface area contributed by atoms with Crippen LogP contribution in [0.25, 0.3) is 0 Å². The fourth-order valence-corrected chi connectivity index (χ4v) is 3.20. The van der Waals surface area contributed by atoms with Gasteiger partial charge in [0, 0.05) is 7.05 Å². The topological polar surface area (TPSA) is 55.2 Å². The van der Waals surface area contributed by atoms with E-state index in [0.717, 1.165) is 15.9 Å². The number of Topliss-reactive ketones (excluding diaryl/α,β-unsaturated/α-hetero) is 1. The molecule has 0 unspecified atom stereocenters. The number of nitrogens with zero attached hydrogens (tertiary/aromatic N) is 3. The number of hydrogen-bond donors (Lipinski definition) is 0. The molecular formula is C14H11BrClN3O2. The molecule has 108 valence electrons. The van der Waals surface area contributed by atoms with Crippen molar-refractivity contribution >= 4 is 44.9 Å². The summed E-state index contributed by atoms with van der Waals surface area (Å²) in [5, 5.41) is 4.68. The molecular weight excluding hydrogens is 358 g/mol. The van der Waals surface area contributed by atoms with Crippen LogP contribution in [-0.4, -0.2) is 21.5 Å². The zero-order chi connectivity index (χ0) is 15.3. The predicted molar refractivity (Wildman–Crippen MR) is 82.6 cm³/mol. The second kappa shape index (κ2) is 4.96. The molecule has 1 aliphatic rings. The van der Waals surface area contributed by atoms with Crippen LogP contribution < -0.4 is 4.90 Å². The largest absolute Gasteiger partial charge is 0.299 e. The zero-order valence-corrected chi connectivity index (χ0v) is 13.7. The molecule has 0 aliphatic carbocycles. The summed E-state index contributed by atoms with van der Waals surface area (Å²) in [6.07, 6.45) is 0. The van der Waals surface area contributed by atoms with Crippen molar-refractivity contribution in [2.24, 2.45) is 7.05 Å². The van der Waals surface area contributed by atoms with Crippen molar-refractivity contribution in [3.8, 4) is 0 Å². The Bertz CT molecular complexity index is 785. The van der Waals surface area contributed by atoms with Crippen LogP contribution >= 0.6 is 27.5 Å². The molecule has 0 N–H and O–H groups in total. The van der Waals surface area contributed by atoms with Gasteiger partial charge < -0.3 is 0 Å². The van der Waals surface area contributed by atoms with Crippen LogP contribution in [0.2, 0.25) is 5.02 Å². The van der Waals surface area contributed by atoms with Gasteiger partial charge in [-0.15, -0.1) is 0 Å². The van der Waals surface area contributed by atoms with Crippen molar-refractivity contribution in [3.63, 3.8) is 0 Å². The molecule has 0 spiro atoms. The van der Waals surface area contributed by atoms with E-state index in [4.69, 9.17) is 11.6 Å². The number of para-hydroxylation sites is 1. The van der Waals surface area contributed by atoms with E-state index in [1.54, 1.807) is 29.9 Å². The summed E-state index contributed by atoms with van der Waals surface area (Å²) in [5.74, 6) is -1.09. The Kier molecular flexibility index (Phi) is 3.37. The first-order valence-corrected chi connectivity index (χ1v) is 7.41. The molecule has 7 heteroatoms. The van der Waals surface area contributed by atoms with Gasteiger partial charge >= 0.3 is 0 Å². The quantitative estimate of drug-likeness (QED) is 0.766. The number of amides is 1. The second-order valence-corrected chi connectivity index (χ2v) is 6.03. The summed E-state index contributed by atoms with van der Waals surface area (Å²) in [4.78, 5) is 25.7. The molecule has 1 aromatic carbocycles. The number of anilines is 1. The molecule has 0 saturated heterocycles. The van der Waals surface area contributed by atoms with Gasteiger partial charge in [-0.25, -0.2) is 0 Å². The lowest BCUT2D eigenvalue weighted by Crippen LogP contribution is -2.30. The lowest BCUT2D eigenvalue weighted by Gasteiger charge is -2.18. The third kappa shape index (κ3) is 2.10. The fourth-order valence-electron chi connectivity index (χ4n) is 2.46. The molecule has 3 rings (SSSR count). The highest BCUT2D eigenvalue weighted by atomic mass is 79.9. The number of rotatable bonds is 2. The summed E-state index contributed by atoms with van der Waals surface area (Å²) in [6.45, 7) is 2.10. The van der Waals surface area contributed by atoms with Gasteiger partial charge in [0.2, 0.25) is 0 Å². The average molecular weight is 369 g/mol. The summed E-state index contributed by atoms with van der Waals surface area (Å²) in [5.41, 5.74) is 2.45. The lowest BCUT2D eigenvalue weighted by molar-refractivity contribution is -0.114. The van der Waals surface area contributed by atoms with Crippen molar-refractivity contribution in [1.29, 1.82) is 0 Å². The van der Waals surface area contributed by atoms with Gasteiger partial charge in [0.05, 0.1) is 38.7 Å². The Balaban J connectivity index is 2.08. The highest BCUT2D eigenvalue weighted by Crippen LogP contribution is 2.37. The van der Waals surface area contributed by atoms with Gasteiger partial charge in [-0.3, -0.25) is 19.2 Å². The maximum absolute atomic E-state index is 12.2. The van der Waals surface area contributed by atoms with Crippen LogP contribution in [0.3, 0.4) is 0 Å². The number of hydrogen-bond acceptors (Lipinski definition) is 3. The lowest BCUT2D eigenvalue weighted by atomic mass is 10.1. The number of carbonyl (C=O) groups is 2. The number of aryl methyl sites for hydroxylation is 2. The minimum absolute atomic E-state index is 0.235. The number of carbonyl (C=O) groups excluding carboxylic acids is 2. The summed E-state index contributed by atoms with van der Waals surface area (Å²) >= 11 is 9.63. The summed E-state index contributed by atoms with van der Waals surface area (Å²) in [6, 6.07) is 4.95. The average Bonchev–Trinajstić information content (AvgIpc) is 2.83. The highest BCUT2D eigenvalue weighted by molar-refractivity contribution is 9.10. The van der Waals surface area contributed by atoms with Crippen LogP contribution in [0.5, 0.6) is 0 Å². The molecule has 5 nitrogen and oxygen atoms in total. The highest BCUT2D eigenvalue weighted by Gasteiger charge is 2.38. The Labute approximate surface area is 134 Å². The van der Waals surface area contributed by atoms with E-state index in [2.05, 4.69) is 21.0 Å². The number of ketones is 1. The molecule has 0 fully saturated rings. The van der Waals surface area contributed by atoms with Crippen LogP contribution in [0, 0.1) is 6.92 Å². The zero-order valence-electron chi connectivity index (χ0n) is 11.4. The Morgan fingerprint density at radius 1 is 1.33 bits per heavy atom. The van der Waals surface area contributed by atoms with E-state index >= 15 is 0 Å². The van der Waals surface area contributed by atoms with E-state index in [-0.39, 0.29) is 6.54 Å². The van der Waals surface area contributed by atoms with Crippen molar-refractivity contribution in [1.82, 2.24) is 9.78 Å². The SMILES string of the molecule is Cc1nn(C)c(CN2C(=O)C(=O)c3cccc(Cl)c32)c1Br. The van der Waals surface area contributed by atoms with Crippen molar-refractivity contribution in [3.05, 3.63) is 44.6 Å². The maximum Gasteiger partial charge on any atom is 0.299 e. The number of aromatic nitrogens is 2. The first-order valence-electron chi connectivity index (χ1n) is 6.24. The van der Waals surface area contributed by atoms with Gasteiger partial charge in [-0.1, -0.05) is 17.7 Å². The monoisotopic (exact) mass is 367 g/mol. The third-order valence-corrected chi connectivity index (χ3v) is 4.85. The minimum Gasteiger partial charge on any atom is -0.297 e. The maximum atomic E-state index is 12.2. The second-order valence-electron chi connectivity index (χ2n) is 4.83. The molecule has 0 saturated carbocycles. The van der Waals surface area contributed by atoms with E-state index in [9.17, 15) is 9.59 Å². The molecule has 21 heavy (non-hydrogen) atoms. The van der Waals surface area contributed by atoms with Crippen LogP contribution in [0.15, 0.2) is 22.7 Å². The molecule has 1 amide bonds. The molecule has 2 heterocycles. The van der Waals surface area contributed by atoms with E-state index in [1.807, 2.05) is 6.92 Å². The molecule has 1 aliphatic heterocycles. The molecule has 0 bridgehead atoms. The molecule has 2 aromatic rings. The first kappa shape index (κ1) is 14.3. The minimum atomic E-state index is -0.566. The Hall–Kier alpha value is -1.66. The molecule has 0 radical (unpaired) electrons. The van der Waals surface area contributed by atoms with Crippen molar-refractivity contribution in [2.75, 3.05) is 4.90 Å². The van der Waals surface area contributed by atoms with E-state index in [1.165, 1.54) is 4.90 Å². The summed E-state index contributed by atoms with van der Waals surface area (Å²) in [7, 11) is 1.79. The van der Waals surface area contributed by atoms with Gasteiger partial charge in [-0.05, 0) is 35.0 Å². The third-order valence-electron chi connectivity index (χ3n) is 3.51. The number of fused-ring (bicyclic) bond motifs is 1. The molecule has 1 aromatic heterocycles. The Morgan fingerprint density at radius 3 is 2.67 bits per heavy atom. The molecule has 0 atom stereocenters. The van der Waals surface area contributed by atoms with Crippen molar-refractivity contribution < 1.29 is 9.59 Å². The summed E-state index contributed by atoms with van der Waals surface area (Å²) < 4.78 is 2.51. The van der Waals surface area contributed by atoms with E-state index in [0.29, 0.717) is 16.3 Å². The number of halogens is 2. The van der Waals surface area contributed by atoms with Gasteiger partial charge in [-0.2, -0.15) is 5.10 Å². The van der Waals surface area contributed by atoms with Crippen LogP contribution in [0.1, 0.15) is 21.7 Å². The standard InChI is InChI=1S/C14H11BrClN3O2/c1-7-11(15)10(18(2)17-7)6-19-12-8(13(20)14(19)21)4-3-5-9(12)16/h3-5H,6H2,1-2H3. The van der Waals surface area contributed by atoms with Crippen molar-refractivity contribution in [2.45, 2.75) is 13.5 Å². The van der Waals surface area contributed by atoms with Gasteiger partial charge in [0.15, 0.2) is 0 Å². The predicted octanol–water partition coefficient (Wildman–Crippen LogP) is 2.87. The first-order chi connectivity index (χ1) is 9.91. The van der Waals surface area contributed by atoms with Crippen LogP contribution in [0.4, 0.5) is 5.69 Å². The van der Waals surface area contributed by atoms with Gasteiger partial charge in [0.1, 0.15) is 0 Å². The Morgan fingerprint density at radius 2 is 2.05 bits per heavy atom. The smallest absolute Gasteiger partial charge is 0.297 e. The van der Waals surface area contributed by atoms with Crippen LogP contribution in [-0.2, 0) is 18.4 Å².